The molecule has 2 rings (SSSR count). The molecule has 1 saturated heterocycles. The highest BCUT2D eigenvalue weighted by Gasteiger charge is 2.19. The number of hydrogen-bond acceptors (Lipinski definition) is 4. The molecule has 3 unspecified atom stereocenters. The van der Waals surface area contributed by atoms with Gasteiger partial charge in [0, 0.05) is 19.2 Å². The lowest BCUT2D eigenvalue weighted by Crippen LogP contribution is -2.42. The fraction of sp³-hybridized carbons (Fsp3) is 0.600. The SMILES string of the molecule is CC1CC(NCC(O)COc2ccccc2)CCO1. The van der Waals surface area contributed by atoms with Crippen LogP contribution < -0.4 is 10.1 Å². The van der Waals surface area contributed by atoms with Crippen LogP contribution in [0.5, 0.6) is 5.75 Å². The predicted molar refractivity (Wildman–Crippen MR) is 74.4 cm³/mol. The molecule has 0 amide bonds. The van der Waals surface area contributed by atoms with Crippen molar-refractivity contribution in [3.8, 4) is 5.75 Å². The third-order valence-electron chi connectivity index (χ3n) is 3.31. The Morgan fingerprint density at radius 1 is 1.42 bits per heavy atom. The third kappa shape index (κ3) is 5.19. The van der Waals surface area contributed by atoms with Gasteiger partial charge in [0.15, 0.2) is 0 Å². The second-order valence-electron chi connectivity index (χ2n) is 5.09. The Labute approximate surface area is 114 Å². The first-order valence-corrected chi connectivity index (χ1v) is 6.95. The number of aliphatic hydroxyl groups excluding tert-OH is 1. The van der Waals surface area contributed by atoms with Crippen molar-refractivity contribution in [3.05, 3.63) is 30.3 Å². The largest absolute Gasteiger partial charge is 0.491 e. The Morgan fingerprint density at radius 2 is 2.21 bits per heavy atom. The number of hydrogen-bond donors (Lipinski definition) is 2. The minimum Gasteiger partial charge on any atom is -0.491 e. The molecule has 106 valence electrons. The zero-order chi connectivity index (χ0) is 13.5. The lowest BCUT2D eigenvalue weighted by Gasteiger charge is -2.28. The zero-order valence-corrected chi connectivity index (χ0v) is 11.4. The van der Waals surface area contributed by atoms with Crippen LogP contribution in [0.25, 0.3) is 0 Å². The summed E-state index contributed by atoms with van der Waals surface area (Å²) in [5.41, 5.74) is 0. The van der Waals surface area contributed by atoms with Gasteiger partial charge in [-0.05, 0) is 31.9 Å². The monoisotopic (exact) mass is 265 g/mol. The third-order valence-corrected chi connectivity index (χ3v) is 3.31. The summed E-state index contributed by atoms with van der Waals surface area (Å²) < 4.78 is 11.0. The number of aliphatic hydroxyl groups is 1. The van der Waals surface area contributed by atoms with E-state index in [1.807, 2.05) is 30.3 Å². The van der Waals surface area contributed by atoms with E-state index in [4.69, 9.17) is 9.47 Å². The summed E-state index contributed by atoms with van der Waals surface area (Å²) in [4.78, 5) is 0. The van der Waals surface area contributed by atoms with Crippen molar-refractivity contribution in [2.45, 2.75) is 38.0 Å². The molecule has 0 aliphatic carbocycles. The van der Waals surface area contributed by atoms with Crippen LogP contribution in [0.3, 0.4) is 0 Å². The molecule has 0 bridgehead atoms. The van der Waals surface area contributed by atoms with Gasteiger partial charge in [-0.15, -0.1) is 0 Å². The van der Waals surface area contributed by atoms with Gasteiger partial charge in [0.2, 0.25) is 0 Å². The lowest BCUT2D eigenvalue weighted by molar-refractivity contribution is 0.00966. The van der Waals surface area contributed by atoms with E-state index in [1.54, 1.807) is 0 Å². The number of benzene rings is 1. The van der Waals surface area contributed by atoms with Crippen LogP contribution in [0, 0.1) is 0 Å². The average molecular weight is 265 g/mol. The Bertz CT molecular complexity index is 358. The number of nitrogens with one attached hydrogen (secondary N) is 1. The second kappa shape index (κ2) is 7.48. The normalized spacial score (nSPS) is 24.9. The maximum atomic E-state index is 9.89. The summed E-state index contributed by atoms with van der Waals surface area (Å²) in [5.74, 6) is 0.793. The van der Waals surface area contributed by atoms with E-state index in [0.717, 1.165) is 25.2 Å². The molecule has 1 aliphatic rings. The van der Waals surface area contributed by atoms with Gasteiger partial charge in [0.1, 0.15) is 18.5 Å². The molecule has 1 heterocycles. The van der Waals surface area contributed by atoms with E-state index >= 15 is 0 Å². The molecule has 1 aromatic carbocycles. The Morgan fingerprint density at radius 3 is 2.95 bits per heavy atom. The molecule has 3 atom stereocenters. The highest BCUT2D eigenvalue weighted by atomic mass is 16.5. The van der Waals surface area contributed by atoms with Gasteiger partial charge in [-0.1, -0.05) is 18.2 Å². The van der Waals surface area contributed by atoms with Crippen LogP contribution in [0.15, 0.2) is 30.3 Å². The van der Waals surface area contributed by atoms with Gasteiger partial charge < -0.3 is 19.9 Å². The molecule has 0 radical (unpaired) electrons. The summed E-state index contributed by atoms with van der Waals surface area (Å²) in [6.07, 6.45) is 1.84. The predicted octanol–water partition coefficient (Wildman–Crippen LogP) is 1.58. The summed E-state index contributed by atoms with van der Waals surface area (Å²) in [7, 11) is 0. The van der Waals surface area contributed by atoms with E-state index < -0.39 is 6.10 Å². The van der Waals surface area contributed by atoms with Crippen molar-refractivity contribution in [1.29, 1.82) is 0 Å². The van der Waals surface area contributed by atoms with Crippen molar-refractivity contribution in [1.82, 2.24) is 5.32 Å². The molecule has 0 spiro atoms. The molecule has 4 nitrogen and oxygen atoms in total. The summed E-state index contributed by atoms with van der Waals surface area (Å²) in [5, 5.41) is 13.3. The van der Waals surface area contributed by atoms with Gasteiger partial charge >= 0.3 is 0 Å². The first-order chi connectivity index (χ1) is 9.24. The van der Waals surface area contributed by atoms with E-state index in [1.165, 1.54) is 0 Å². The van der Waals surface area contributed by atoms with Gasteiger partial charge in [0.25, 0.3) is 0 Å². The van der Waals surface area contributed by atoms with Crippen molar-refractivity contribution in [3.63, 3.8) is 0 Å². The highest BCUT2D eigenvalue weighted by molar-refractivity contribution is 5.20. The number of ether oxygens (including phenoxy) is 2. The van der Waals surface area contributed by atoms with Crippen molar-refractivity contribution in [2.24, 2.45) is 0 Å². The van der Waals surface area contributed by atoms with Crippen molar-refractivity contribution in [2.75, 3.05) is 19.8 Å². The first-order valence-electron chi connectivity index (χ1n) is 6.95. The average Bonchev–Trinajstić information content (AvgIpc) is 2.44. The molecule has 1 aromatic rings. The molecule has 0 saturated carbocycles. The molecule has 1 aliphatic heterocycles. The molecular weight excluding hydrogens is 242 g/mol. The van der Waals surface area contributed by atoms with Crippen LogP contribution in [0.4, 0.5) is 0 Å². The smallest absolute Gasteiger partial charge is 0.119 e. The maximum Gasteiger partial charge on any atom is 0.119 e. The zero-order valence-electron chi connectivity index (χ0n) is 11.4. The van der Waals surface area contributed by atoms with E-state index in [0.29, 0.717) is 25.3 Å². The van der Waals surface area contributed by atoms with Gasteiger partial charge in [-0.3, -0.25) is 0 Å². The molecule has 0 aromatic heterocycles. The molecule has 19 heavy (non-hydrogen) atoms. The Kier molecular flexibility index (Phi) is 5.63. The van der Waals surface area contributed by atoms with E-state index in [9.17, 15) is 5.11 Å². The van der Waals surface area contributed by atoms with E-state index in [2.05, 4.69) is 12.2 Å². The fourth-order valence-corrected chi connectivity index (χ4v) is 2.25. The molecule has 1 fully saturated rings. The van der Waals surface area contributed by atoms with Crippen LogP contribution in [-0.2, 0) is 4.74 Å². The summed E-state index contributed by atoms with van der Waals surface area (Å²) >= 11 is 0. The van der Waals surface area contributed by atoms with Gasteiger partial charge in [-0.2, -0.15) is 0 Å². The number of rotatable bonds is 6. The molecule has 4 heteroatoms. The highest BCUT2D eigenvalue weighted by Crippen LogP contribution is 2.13. The summed E-state index contributed by atoms with van der Waals surface area (Å²) in [6.45, 7) is 3.76. The van der Waals surface area contributed by atoms with Crippen LogP contribution in [-0.4, -0.2) is 43.1 Å². The topological polar surface area (TPSA) is 50.7 Å². The summed E-state index contributed by atoms with van der Waals surface area (Å²) in [6, 6.07) is 10.00. The van der Waals surface area contributed by atoms with Gasteiger partial charge in [0.05, 0.1) is 6.10 Å². The van der Waals surface area contributed by atoms with Gasteiger partial charge in [-0.25, -0.2) is 0 Å². The lowest BCUT2D eigenvalue weighted by atomic mass is 10.0. The van der Waals surface area contributed by atoms with Crippen LogP contribution in [0.1, 0.15) is 19.8 Å². The molecular formula is C15H23NO3. The van der Waals surface area contributed by atoms with Crippen LogP contribution in [0.2, 0.25) is 0 Å². The fourth-order valence-electron chi connectivity index (χ4n) is 2.25. The van der Waals surface area contributed by atoms with E-state index in [-0.39, 0.29) is 0 Å². The minimum absolute atomic E-state index is 0.309. The quantitative estimate of drug-likeness (QED) is 0.820. The van der Waals surface area contributed by atoms with Crippen LogP contribution >= 0.6 is 0 Å². The Balaban J connectivity index is 1.63. The number of para-hydroxylation sites is 1. The first kappa shape index (κ1) is 14.3. The Hall–Kier alpha value is -1.10. The standard InChI is InChI=1S/C15H23NO3/c1-12-9-13(7-8-18-12)16-10-14(17)11-19-15-5-3-2-4-6-15/h2-6,12-14,16-17H,7-11H2,1H3. The van der Waals surface area contributed by atoms with Crippen molar-refractivity contribution < 1.29 is 14.6 Å². The maximum absolute atomic E-state index is 9.89. The minimum atomic E-state index is -0.488. The van der Waals surface area contributed by atoms with Crippen molar-refractivity contribution >= 4 is 0 Å². The molecule has 2 N–H and O–H groups in total. The second-order valence-corrected chi connectivity index (χ2v) is 5.09.